The summed E-state index contributed by atoms with van der Waals surface area (Å²) in [4.78, 5) is 24.0. The number of para-hydroxylation sites is 1. The van der Waals surface area contributed by atoms with E-state index in [0.717, 1.165) is 28.2 Å². The van der Waals surface area contributed by atoms with Crippen molar-refractivity contribution in [2.24, 2.45) is 5.92 Å². The van der Waals surface area contributed by atoms with Gasteiger partial charge in [0.25, 0.3) is 5.91 Å². The molecular weight excluding hydrogens is 402 g/mol. The van der Waals surface area contributed by atoms with Crippen molar-refractivity contribution >= 4 is 28.9 Å². The Morgan fingerprint density at radius 2 is 1.41 bits per heavy atom. The van der Waals surface area contributed by atoms with Crippen molar-refractivity contribution in [3.05, 3.63) is 83.9 Å². The van der Waals surface area contributed by atoms with E-state index in [1.54, 1.807) is 0 Å². The number of amides is 2. The van der Waals surface area contributed by atoms with E-state index in [2.05, 4.69) is 16.0 Å². The van der Waals surface area contributed by atoms with E-state index in [4.69, 9.17) is 4.74 Å². The molecule has 0 unspecified atom stereocenters. The van der Waals surface area contributed by atoms with Crippen molar-refractivity contribution in [2.45, 2.75) is 27.3 Å². The molecule has 166 valence electrons. The van der Waals surface area contributed by atoms with Gasteiger partial charge in [0.05, 0.1) is 0 Å². The molecule has 3 aromatic rings. The van der Waals surface area contributed by atoms with Crippen LogP contribution in [0.3, 0.4) is 0 Å². The second-order valence-electron chi connectivity index (χ2n) is 7.89. The van der Waals surface area contributed by atoms with Gasteiger partial charge in [-0.2, -0.15) is 0 Å². The molecule has 3 N–H and O–H groups in total. The zero-order chi connectivity index (χ0) is 22.9. The first kappa shape index (κ1) is 22.9. The Morgan fingerprint density at radius 1 is 0.812 bits per heavy atom. The first-order valence-corrected chi connectivity index (χ1v) is 10.6. The normalized spacial score (nSPS) is 10.5. The summed E-state index contributed by atoms with van der Waals surface area (Å²) in [5.41, 5.74) is 4.49. The lowest BCUT2D eigenvalue weighted by Crippen LogP contribution is -2.20. The Kier molecular flexibility index (Phi) is 7.86. The average molecular weight is 432 g/mol. The molecular formula is C26H29N3O3. The van der Waals surface area contributed by atoms with Crippen molar-refractivity contribution in [2.75, 3.05) is 22.6 Å². The Labute approximate surface area is 189 Å². The van der Waals surface area contributed by atoms with E-state index in [0.29, 0.717) is 12.3 Å². The molecule has 0 saturated carbocycles. The molecule has 0 aliphatic carbocycles. The molecule has 6 heteroatoms. The van der Waals surface area contributed by atoms with Crippen LogP contribution in [0.2, 0.25) is 0 Å². The van der Waals surface area contributed by atoms with Gasteiger partial charge in [-0.15, -0.1) is 0 Å². The highest BCUT2D eigenvalue weighted by atomic mass is 16.5. The van der Waals surface area contributed by atoms with Gasteiger partial charge in [-0.3, -0.25) is 9.59 Å². The summed E-state index contributed by atoms with van der Waals surface area (Å²) in [6, 6.07) is 22.8. The summed E-state index contributed by atoms with van der Waals surface area (Å²) in [6.07, 6.45) is 0. The fraction of sp³-hybridized carbons (Fsp3) is 0.231. The predicted octanol–water partition coefficient (Wildman–Crippen LogP) is 5.22. The van der Waals surface area contributed by atoms with Crippen LogP contribution in [-0.2, 0) is 16.1 Å². The minimum Gasteiger partial charge on any atom is -0.483 e. The topological polar surface area (TPSA) is 79.5 Å². The summed E-state index contributed by atoms with van der Waals surface area (Å²) >= 11 is 0. The van der Waals surface area contributed by atoms with Gasteiger partial charge in [-0.1, -0.05) is 49.7 Å². The Hall–Kier alpha value is -3.80. The van der Waals surface area contributed by atoms with Crippen LogP contribution < -0.4 is 20.7 Å². The van der Waals surface area contributed by atoms with Crippen LogP contribution in [0.15, 0.2) is 72.8 Å². The number of nitrogens with one attached hydrogen (secondary N) is 3. The molecule has 0 atom stereocenters. The van der Waals surface area contributed by atoms with Crippen molar-refractivity contribution < 1.29 is 14.3 Å². The van der Waals surface area contributed by atoms with Crippen molar-refractivity contribution in [3.8, 4) is 5.75 Å². The summed E-state index contributed by atoms with van der Waals surface area (Å²) in [5.74, 6) is 0.363. The van der Waals surface area contributed by atoms with E-state index in [-0.39, 0.29) is 24.3 Å². The number of ether oxygens (including phenoxy) is 1. The third-order valence-electron chi connectivity index (χ3n) is 4.83. The molecule has 0 fully saturated rings. The Balaban J connectivity index is 1.53. The van der Waals surface area contributed by atoms with Crippen LogP contribution in [0, 0.1) is 12.8 Å². The SMILES string of the molecule is Cc1ccc(NC(=O)COc2ccccc2CNc2ccc(NC(=O)C(C)C)cc2)cc1. The Bertz CT molecular complexity index is 1040. The quantitative estimate of drug-likeness (QED) is 0.434. The Morgan fingerprint density at radius 3 is 2.09 bits per heavy atom. The number of carbonyl (C=O) groups excluding carboxylic acids is 2. The molecule has 0 aromatic heterocycles. The zero-order valence-corrected chi connectivity index (χ0v) is 18.6. The third kappa shape index (κ3) is 6.87. The fourth-order valence-corrected chi connectivity index (χ4v) is 2.92. The molecule has 6 nitrogen and oxygen atoms in total. The second kappa shape index (κ2) is 11.0. The average Bonchev–Trinajstić information content (AvgIpc) is 2.79. The van der Waals surface area contributed by atoms with Gasteiger partial charge in [0.15, 0.2) is 6.61 Å². The smallest absolute Gasteiger partial charge is 0.262 e. The highest BCUT2D eigenvalue weighted by Gasteiger charge is 2.09. The number of hydrogen-bond acceptors (Lipinski definition) is 4. The number of benzene rings is 3. The number of anilines is 3. The van der Waals surface area contributed by atoms with E-state index < -0.39 is 0 Å². The minimum atomic E-state index is -0.212. The number of rotatable bonds is 9. The maximum absolute atomic E-state index is 12.2. The lowest BCUT2D eigenvalue weighted by Gasteiger charge is -2.13. The van der Waals surface area contributed by atoms with Gasteiger partial charge in [0.2, 0.25) is 5.91 Å². The summed E-state index contributed by atoms with van der Waals surface area (Å²) in [7, 11) is 0. The van der Waals surface area contributed by atoms with Crippen LogP contribution in [0.25, 0.3) is 0 Å². The highest BCUT2D eigenvalue weighted by Crippen LogP contribution is 2.21. The maximum atomic E-state index is 12.2. The van der Waals surface area contributed by atoms with Crippen LogP contribution >= 0.6 is 0 Å². The lowest BCUT2D eigenvalue weighted by atomic mass is 10.2. The summed E-state index contributed by atoms with van der Waals surface area (Å²) in [6.45, 7) is 6.18. The van der Waals surface area contributed by atoms with Gasteiger partial charge in [-0.05, 0) is 49.4 Å². The van der Waals surface area contributed by atoms with Crippen molar-refractivity contribution in [1.29, 1.82) is 0 Å². The number of carbonyl (C=O) groups is 2. The monoisotopic (exact) mass is 431 g/mol. The van der Waals surface area contributed by atoms with E-state index in [1.165, 1.54) is 0 Å². The third-order valence-corrected chi connectivity index (χ3v) is 4.83. The number of hydrogen-bond donors (Lipinski definition) is 3. The lowest BCUT2D eigenvalue weighted by molar-refractivity contribution is -0.119. The van der Waals surface area contributed by atoms with Crippen LogP contribution in [0.5, 0.6) is 5.75 Å². The molecule has 0 aliphatic heterocycles. The standard InChI is InChI=1S/C26H29N3O3/c1-18(2)26(31)29-23-14-12-21(13-15-23)27-16-20-6-4-5-7-24(20)32-17-25(30)28-22-10-8-19(3)9-11-22/h4-15,18,27H,16-17H2,1-3H3,(H,28,30)(H,29,31). The molecule has 3 aromatic carbocycles. The van der Waals surface area contributed by atoms with E-state index in [9.17, 15) is 9.59 Å². The van der Waals surface area contributed by atoms with Crippen LogP contribution in [-0.4, -0.2) is 18.4 Å². The molecule has 0 bridgehead atoms. The molecule has 0 radical (unpaired) electrons. The van der Waals surface area contributed by atoms with Gasteiger partial charge in [0.1, 0.15) is 5.75 Å². The number of aryl methyl sites for hydroxylation is 1. The van der Waals surface area contributed by atoms with E-state index >= 15 is 0 Å². The highest BCUT2D eigenvalue weighted by molar-refractivity contribution is 5.92. The van der Waals surface area contributed by atoms with Gasteiger partial charge in [0, 0.05) is 35.1 Å². The maximum Gasteiger partial charge on any atom is 0.262 e. The first-order valence-electron chi connectivity index (χ1n) is 10.6. The second-order valence-corrected chi connectivity index (χ2v) is 7.89. The van der Waals surface area contributed by atoms with E-state index in [1.807, 2.05) is 93.6 Å². The fourth-order valence-electron chi connectivity index (χ4n) is 2.92. The zero-order valence-electron chi connectivity index (χ0n) is 18.6. The predicted molar refractivity (Wildman–Crippen MR) is 129 cm³/mol. The molecule has 0 heterocycles. The largest absolute Gasteiger partial charge is 0.483 e. The first-order chi connectivity index (χ1) is 15.4. The molecule has 2 amide bonds. The molecule has 0 saturated heterocycles. The molecule has 0 spiro atoms. The van der Waals surface area contributed by atoms with Gasteiger partial charge >= 0.3 is 0 Å². The van der Waals surface area contributed by atoms with Crippen LogP contribution in [0.1, 0.15) is 25.0 Å². The summed E-state index contributed by atoms with van der Waals surface area (Å²) < 4.78 is 5.77. The van der Waals surface area contributed by atoms with Crippen molar-refractivity contribution in [3.63, 3.8) is 0 Å². The molecule has 0 aliphatic rings. The molecule has 3 rings (SSSR count). The van der Waals surface area contributed by atoms with Crippen LogP contribution in [0.4, 0.5) is 17.1 Å². The minimum absolute atomic E-state index is 0.0109. The van der Waals surface area contributed by atoms with Gasteiger partial charge in [-0.25, -0.2) is 0 Å². The van der Waals surface area contributed by atoms with Gasteiger partial charge < -0.3 is 20.7 Å². The molecule has 32 heavy (non-hydrogen) atoms. The summed E-state index contributed by atoms with van der Waals surface area (Å²) in [5, 5.41) is 9.05. The van der Waals surface area contributed by atoms with Crippen molar-refractivity contribution in [1.82, 2.24) is 0 Å².